The summed E-state index contributed by atoms with van der Waals surface area (Å²) in [5, 5.41) is 6.29. The molecule has 0 fully saturated rings. The van der Waals surface area contributed by atoms with Crippen molar-refractivity contribution in [2.45, 2.75) is 64.8 Å². The molecule has 3 aromatic rings. The zero-order chi connectivity index (χ0) is 22.6. The summed E-state index contributed by atoms with van der Waals surface area (Å²) < 4.78 is 15.6. The van der Waals surface area contributed by atoms with Gasteiger partial charge in [-0.1, -0.05) is 50.9 Å². The number of halogens is 1. The van der Waals surface area contributed by atoms with Crippen LogP contribution in [0.3, 0.4) is 0 Å². The lowest BCUT2D eigenvalue weighted by molar-refractivity contribution is 0.0787. The minimum Gasteiger partial charge on any atom is -0.361 e. The van der Waals surface area contributed by atoms with Crippen LogP contribution in [0.5, 0.6) is 0 Å². The second-order valence-corrected chi connectivity index (χ2v) is 22.1. The Hall–Kier alpha value is -1.46. The van der Waals surface area contributed by atoms with Gasteiger partial charge in [-0.05, 0) is 24.2 Å². The highest BCUT2D eigenvalue weighted by Crippen LogP contribution is 2.33. The zero-order valence-corrected chi connectivity index (χ0v) is 22.4. The van der Waals surface area contributed by atoms with E-state index in [0.29, 0.717) is 18.5 Å². The maximum atomic E-state index is 6.55. The van der Waals surface area contributed by atoms with Crippen molar-refractivity contribution in [1.29, 1.82) is 0 Å². The van der Waals surface area contributed by atoms with Crippen LogP contribution in [-0.2, 0) is 22.9 Å². The van der Waals surface area contributed by atoms with Crippen LogP contribution in [0.4, 0.5) is 0 Å². The Bertz CT molecular complexity index is 1010. The molecule has 0 N–H and O–H groups in total. The predicted molar refractivity (Wildman–Crippen MR) is 134 cm³/mol. The summed E-state index contributed by atoms with van der Waals surface area (Å²) in [7, 11) is -2.21. The van der Waals surface area contributed by atoms with Crippen LogP contribution in [0, 0.1) is 0 Å². The minimum absolute atomic E-state index is 0.453. The summed E-state index contributed by atoms with van der Waals surface area (Å²) in [5.74, 6) is 0. The maximum Gasteiger partial charge on any atom is 0.143 e. The molecule has 0 aliphatic carbocycles. The molecule has 0 aromatic carbocycles. The van der Waals surface area contributed by atoms with E-state index in [1.54, 1.807) is 6.20 Å². The summed E-state index contributed by atoms with van der Waals surface area (Å²) in [6.07, 6.45) is 5.72. The molecule has 0 spiro atoms. The third kappa shape index (κ3) is 7.01. The van der Waals surface area contributed by atoms with Crippen molar-refractivity contribution >= 4 is 38.8 Å². The molecule has 31 heavy (non-hydrogen) atoms. The lowest BCUT2D eigenvalue weighted by Gasteiger charge is -2.15. The van der Waals surface area contributed by atoms with Gasteiger partial charge in [0.15, 0.2) is 0 Å². The van der Waals surface area contributed by atoms with Crippen molar-refractivity contribution in [3.63, 3.8) is 0 Å². The Kier molecular flexibility index (Phi) is 7.80. The number of nitrogens with zero attached hydrogens (tertiary/aromatic N) is 4. The molecule has 3 heterocycles. The van der Waals surface area contributed by atoms with Gasteiger partial charge >= 0.3 is 0 Å². The molecule has 0 unspecified atom stereocenters. The highest BCUT2D eigenvalue weighted by atomic mass is 35.5. The van der Waals surface area contributed by atoms with Crippen LogP contribution in [0.25, 0.3) is 22.3 Å². The zero-order valence-electron chi connectivity index (χ0n) is 19.6. The highest BCUT2D eigenvalue weighted by Gasteiger charge is 2.18. The number of rotatable bonds is 11. The molecular weight excluding hydrogens is 444 g/mol. The number of pyridine rings is 1. The van der Waals surface area contributed by atoms with Crippen LogP contribution in [0.2, 0.25) is 56.4 Å². The molecule has 0 aliphatic rings. The van der Waals surface area contributed by atoms with Crippen molar-refractivity contribution in [3.05, 3.63) is 35.7 Å². The Morgan fingerprint density at radius 3 is 2.23 bits per heavy atom. The second-order valence-electron chi connectivity index (χ2n) is 10.4. The van der Waals surface area contributed by atoms with Gasteiger partial charge in [-0.2, -0.15) is 5.10 Å². The van der Waals surface area contributed by atoms with E-state index in [-0.39, 0.29) is 0 Å². The number of ether oxygens (including phenoxy) is 2. The Balaban J connectivity index is 1.74. The molecule has 3 rings (SSSR count). The summed E-state index contributed by atoms with van der Waals surface area (Å²) in [4.78, 5) is 4.56. The molecule has 0 atom stereocenters. The van der Waals surface area contributed by atoms with Crippen LogP contribution < -0.4 is 0 Å². The minimum atomic E-state index is -1.12. The maximum absolute atomic E-state index is 6.55. The predicted octanol–water partition coefficient (Wildman–Crippen LogP) is 6.18. The molecule has 6 nitrogen and oxygen atoms in total. The van der Waals surface area contributed by atoms with Crippen molar-refractivity contribution in [1.82, 2.24) is 19.3 Å². The molecule has 0 aliphatic heterocycles. The van der Waals surface area contributed by atoms with Gasteiger partial charge in [0.1, 0.15) is 19.1 Å². The van der Waals surface area contributed by atoms with Crippen LogP contribution in [0.15, 0.2) is 30.7 Å². The Morgan fingerprint density at radius 1 is 0.935 bits per heavy atom. The van der Waals surface area contributed by atoms with Gasteiger partial charge < -0.3 is 14.0 Å². The van der Waals surface area contributed by atoms with Crippen molar-refractivity contribution in [3.8, 4) is 11.3 Å². The lowest BCUT2D eigenvalue weighted by atomic mass is 10.1. The quantitative estimate of drug-likeness (QED) is 0.244. The molecule has 9 heteroatoms. The SMILES string of the molecule is C[Si](C)(C)CCOCn1ccc(-c2cn(COCC[Si](C)(C)C)c3nccc(Cl)c23)n1. The number of hydrogen-bond acceptors (Lipinski definition) is 4. The number of fused-ring (bicyclic) bond motifs is 1. The van der Waals surface area contributed by atoms with Gasteiger partial charge in [-0.3, -0.25) is 0 Å². The average molecular weight is 479 g/mol. The molecule has 0 amide bonds. The first-order valence-corrected chi connectivity index (χ1v) is 18.7. The topological polar surface area (TPSA) is 54.1 Å². The standard InChI is InChI=1S/C22H35ClN4O2Si2/c1-30(2,3)13-11-28-16-26-15-18(21-19(23)7-9-24-22(21)26)20-8-10-27(25-20)17-29-12-14-31(4,5)6/h7-10,15H,11-14,16-17H2,1-6H3. The first-order chi connectivity index (χ1) is 14.5. The van der Waals surface area contributed by atoms with Crippen LogP contribution >= 0.6 is 11.6 Å². The first-order valence-electron chi connectivity index (χ1n) is 10.9. The van der Waals surface area contributed by atoms with Gasteiger partial charge in [0, 0.05) is 58.9 Å². The lowest BCUT2D eigenvalue weighted by Crippen LogP contribution is -2.22. The normalized spacial score (nSPS) is 12.7. The Morgan fingerprint density at radius 2 is 1.58 bits per heavy atom. The van der Waals surface area contributed by atoms with E-state index in [1.807, 2.05) is 33.8 Å². The monoisotopic (exact) mass is 478 g/mol. The molecule has 0 bridgehead atoms. The van der Waals surface area contributed by atoms with E-state index in [4.69, 9.17) is 26.2 Å². The molecule has 170 valence electrons. The van der Waals surface area contributed by atoms with Crippen molar-refractivity contribution in [2.24, 2.45) is 0 Å². The largest absolute Gasteiger partial charge is 0.361 e. The van der Waals surface area contributed by atoms with E-state index in [2.05, 4.69) is 44.3 Å². The van der Waals surface area contributed by atoms with Crippen molar-refractivity contribution in [2.75, 3.05) is 13.2 Å². The Labute approximate surface area is 192 Å². The summed E-state index contributed by atoms with van der Waals surface area (Å²) in [5.41, 5.74) is 2.63. The number of aromatic nitrogens is 4. The van der Waals surface area contributed by atoms with Crippen molar-refractivity contribution < 1.29 is 9.47 Å². The highest BCUT2D eigenvalue weighted by molar-refractivity contribution is 6.76. The molecular formula is C22H35ClN4O2Si2. The van der Waals surface area contributed by atoms with Gasteiger partial charge in [0.25, 0.3) is 0 Å². The summed E-state index contributed by atoms with van der Waals surface area (Å²) >= 11 is 6.55. The van der Waals surface area contributed by atoms with Crippen LogP contribution in [-0.4, -0.2) is 48.7 Å². The van der Waals surface area contributed by atoms with E-state index < -0.39 is 16.1 Å². The van der Waals surface area contributed by atoms with E-state index in [1.165, 1.54) is 0 Å². The molecule has 0 radical (unpaired) electrons. The second kappa shape index (κ2) is 10.00. The van der Waals surface area contributed by atoms with Crippen LogP contribution in [0.1, 0.15) is 0 Å². The average Bonchev–Trinajstić information content (AvgIpc) is 3.26. The molecule has 0 saturated heterocycles. The van der Waals surface area contributed by atoms with Gasteiger partial charge in [-0.25, -0.2) is 9.67 Å². The van der Waals surface area contributed by atoms with E-state index >= 15 is 0 Å². The van der Waals surface area contributed by atoms with E-state index in [9.17, 15) is 0 Å². The molecule has 0 saturated carbocycles. The fraction of sp³-hybridized carbons (Fsp3) is 0.545. The van der Waals surface area contributed by atoms with Gasteiger partial charge in [0.05, 0.1) is 10.7 Å². The van der Waals surface area contributed by atoms with Gasteiger partial charge in [-0.15, -0.1) is 0 Å². The summed E-state index contributed by atoms with van der Waals surface area (Å²) in [6.45, 7) is 16.6. The third-order valence-corrected chi connectivity index (χ3v) is 8.79. The smallest absolute Gasteiger partial charge is 0.143 e. The van der Waals surface area contributed by atoms with Gasteiger partial charge in [0.2, 0.25) is 0 Å². The fourth-order valence-electron chi connectivity index (χ4n) is 3.12. The first kappa shape index (κ1) is 24.2. The fourth-order valence-corrected chi connectivity index (χ4v) is 4.88. The third-order valence-electron chi connectivity index (χ3n) is 5.07. The number of hydrogen-bond donors (Lipinski definition) is 0. The molecule has 3 aromatic heterocycles. The summed E-state index contributed by atoms with van der Waals surface area (Å²) in [6, 6.07) is 6.10. The van der Waals surface area contributed by atoms with E-state index in [0.717, 1.165) is 47.6 Å².